The number of rotatable bonds is 4. The molecule has 5 heteroatoms. The van der Waals surface area contributed by atoms with E-state index in [-0.39, 0.29) is 5.91 Å². The zero-order valence-corrected chi connectivity index (χ0v) is 13.9. The summed E-state index contributed by atoms with van der Waals surface area (Å²) in [7, 11) is 0. The van der Waals surface area contributed by atoms with Gasteiger partial charge in [-0.25, -0.2) is 4.68 Å². The summed E-state index contributed by atoms with van der Waals surface area (Å²) in [5, 5.41) is 7.70. The molecular formula is C20H20N4O. The molecule has 1 N–H and O–H groups in total. The SMILES string of the molecule is O=C1CN(Cc2cn(-c3ccccc3)nc2-c2ccccc2)CCN1. The quantitative estimate of drug-likeness (QED) is 0.798. The lowest BCUT2D eigenvalue weighted by atomic mass is 10.1. The van der Waals surface area contributed by atoms with Crippen molar-refractivity contribution in [3.8, 4) is 16.9 Å². The number of carbonyl (C=O) groups is 1. The van der Waals surface area contributed by atoms with E-state index in [0.29, 0.717) is 19.6 Å². The minimum absolute atomic E-state index is 0.0861. The number of hydrogen-bond donors (Lipinski definition) is 1. The molecule has 0 saturated carbocycles. The van der Waals surface area contributed by atoms with Crippen LogP contribution in [0.15, 0.2) is 66.9 Å². The number of aromatic nitrogens is 2. The van der Waals surface area contributed by atoms with E-state index in [9.17, 15) is 4.79 Å². The van der Waals surface area contributed by atoms with Gasteiger partial charge in [-0.1, -0.05) is 48.5 Å². The largest absolute Gasteiger partial charge is 0.354 e. The Bertz CT molecular complexity index is 858. The smallest absolute Gasteiger partial charge is 0.234 e. The standard InChI is InChI=1S/C20H20N4O/c25-19-15-23(12-11-21-19)13-17-14-24(18-9-5-2-6-10-18)22-20(17)16-7-3-1-4-8-16/h1-10,14H,11-13,15H2,(H,21,25). The van der Waals surface area contributed by atoms with Crippen LogP contribution in [0.2, 0.25) is 0 Å². The van der Waals surface area contributed by atoms with Crippen LogP contribution in [0.25, 0.3) is 16.9 Å². The Morgan fingerprint density at radius 3 is 2.44 bits per heavy atom. The van der Waals surface area contributed by atoms with Crippen molar-refractivity contribution in [1.29, 1.82) is 0 Å². The second-order valence-electron chi connectivity index (χ2n) is 6.21. The molecule has 4 rings (SSSR count). The van der Waals surface area contributed by atoms with E-state index in [1.54, 1.807) is 0 Å². The summed E-state index contributed by atoms with van der Waals surface area (Å²) >= 11 is 0. The zero-order valence-electron chi connectivity index (χ0n) is 13.9. The second-order valence-corrected chi connectivity index (χ2v) is 6.21. The van der Waals surface area contributed by atoms with Crippen molar-refractivity contribution in [3.63, 3.8) is 0 Å². The van der Waals surface area contributed by atoms with E-state index >= 15 is 0 Å². The molecule has 1 aliphatic heterocycles. The molecule has 0 spiro atoms. The van der Waals surface area contributed by atoms with Crippen molar-refractivity contribution in [2.75, 3.05) is 19.6 Å². The van der Waals surface area contributed by atoms with Crippen molar-refractivity contribution >= 4 is 5.91 Å². The van der Waals surface area contributed by atoms with Gasteiger partial charge in [-0.05, 0) is 12.1 Å². The molecule has 0 radical (unpaired) electrons. The maximum atomic E-state index is 11.7. The predicted molar refractivity (Wildman–Crippen MR) is 97.3 cm³/mol. The van der Waals surface area contributed by atoms with Gasteiger partial charge in [0.05, 0.1) is 17.9 Å². The second kappa shape index (κ2) is 6.91. The van der Waals surface area contributed by atoms with Crippen LogP contribution in [-0.2, 0) is 11.3 Å². The van der Waals surface area contributed by atoms with Crippen LogP contribution in [0, 0.1) is 0 Å². The lowest BCUT2D eigenvalue weighted by Gasteiger charge is -2.26. The molecule has 1 fully saturated rings. The van der Waals surface area contributed by atoms with E-state index in [0.717, 1.165) is 29.1 Å². The number of benzene rings is 2. The van der Waals surface area contributed by atoms with E-state index in [1.165, 1.54) is 0 Å². The molecule has 2 aromatic carbocycles. The van der Waals surface area contributed by atoms with Gasteiger partial charge in [-0.2, -0.15) is 5.10 Å². The highest BCUT2D eigenvalue weighted by Gasteiger charge is 2.20. The van der Waals surface area contributed by atoms with Crippen molar-refractivity contribution in [3.05, 3.63) is 72.4 Å². The third-order valence-electron chi connectivity index (χ3n) is 4.37. The van der Waals surface area contributed by atoms with Crippen molar-refractivity contribution in [2.24, 2.45) is 0 Å². The van der Waals surface area contributed by atoms with Crippen LogP contribution in [-0.4, -0.2) is 40.2 Å². The fourth-order valence-corrected chi connectivity index (χ4v) is 3.14. The van der Waals surface area contributed by atoms with Crippen LogP contribution in [0.3, 0.4) is 0 Å². The van der Waals surface area contributed by atoms with Crippen LogP contribution in [0.1, 0.15) is 5.56 Å². The molecule has 1 amide bonds. The molecule has 3 aromatic rings. The van der Waals surface area contributed by atoms with Crippen molar-refractivity contribution in [1.82, 2.24) is 20.0 Å². The monoisotopic (exact) mass is 332 g/mol. The maximum Gasteiger partial charge on any atom is 0.234 e. The molecule has 0 unspecified atom stereocenters. The third-order valence-corrected chi connectivity index (χ3v) is 4.37. The van der Waals surface area contributed by atoms with Crippen molar-refractivity contribution in [2.45, 2.75) is 6.54 Å². The normalized spacial score (nSPS) is 15.1. The molecule has 0 aliphatic carbocycles. The summed E-state index contributed by atoms with van der Waals surface area (Å²) in [5.41, 5.74) is 4.22. The van der Waals surface area contributed by atoms with E-state index in [1.807, 2.05) is 53.2 Å². The lowest BCUT2D eigenvalue weighted by Crippen LogP contribution is -2.47. The fourth-order valence-electron chi connectivity index (χ4n) is 3.14. The molecule has 1 aromatic heterocycles. The fraction of sp³-hybridized carbons (Fsp3) is 0.200. The van der Waals surface area contributed by atoms with Crippen LogP contribution < -0.4 is 5.32 Å². The van der Waals surface area contributed by atoms with Crippen LogP contribution >= 0.6 is 0 Å². The number of nitrogens with zero attached hydrogens (tertiary/aromatic N) is 3. The number of piperazine rings is 1. The molecule has 5 nitrogen and oxygen atoms in total. The molecule has 126 valence electrons. The number of hydrogen-bond acceptors (Lipinski definition) is 3. The first-order valence-corrected chi connectivity index (χ1v) is 8.48. The first-order chi connectivity index (χ1) is 12.3. The summed E-state index contributed by atoms with van der Waals surface area (Å²) < 4.78 is 1.92. The number of amides is 1. The summed E-state index contributed by atoms with van der Waals surface area (Å²) in [5.74, 6) is 0.0861. The van der Waals surface area contributed by atoms with Crippen molar-refractivity contribution < 1.29 is 4.79 Å². The highest BCUT2D eigenvalue weighted by Crippen LogP contribution is 2.25. The highest BCUT2D eigenvalue weighted by atomic mass is 16.2. The minimum atomic E-state index is 0.0861. The average Bonchev–Trinajstić information content (AvgIpc) is 3.07. The Morgan fingerprint density at radius 2 is 1.72 bits per heavy atom. The van der Waals surface area contributed by atoms with Gasteiger partial charge in [0.15, 0.2) is 0 Å². The summed E-state index contributed by atoms with van der Waals surface area (Å²) in [6.45, 7) is 2.71. The zero-order chi connectivity index (χ0) is 17.1. The summed E-state index contributed by atoms with van der Waals surface area (Å²) in [6.07, 6.45) is 2.07. The highest BCUT2D eigenvalue weighted by molar-refractivity contribution is 5.78. The topological polar surface area (TPSA) is 50.2 Å². The Labute approximate surface area is 146 Å². The van der Waals surface area contributed by atoms with Gasteiger partial charge >= 0.3 is 0 Å². The Balaban J connectivity index is 1.70. The van der Waals surface area contributed by atoms with Gasteiger partial charge in [-0.3, -0.25) is 9.69 Å². The first kappa shape index (κ1) is 15.6. The van der Waals surface area contributed by atoms with E-state index < -0.39 is 0 Å². The first-order valence-electron chi connectivity index (χ1n) is 8.48. The Kier molecular flexibility index (Phi) is 4.31. The number of carbonyl (C=O) groups excluding carboxylic acids is 1. The minimum Gasteiger partial charge on any atom is -0.354 e. The predicted octanol–water partition coefficient (Wildman–Crippen LogP) is 2.47. The summed E-state index contributed by atoms with van der Waals surface area (Å²) in [6, 6.07) is 20.3. The molecular weight excluding hydrogens is 312 g/mol. The van der Waals surface area contributed by atoms with Gasteiger partial charge in [-0.15, -0.1) is 0 Å². The number of nitrogens with one attached hydrogen (secondary N) is 1. The molecule has 1 saturated heterocycles. The molecule has 0 atom stereocenters. The van der Waals surface area contributed by atoms with Gasteiger partial charge < -0.3 is 5.32 Å². The van der Waals surface area contributed by atoms with Crippen LogP contribution in [0.5, 0.6) is 0 Å². The molecule has 1 aliphatic rings. The Morgan fingerprint density at radius 1 is 1.00 bits per heavy atom. The van der Waals surface area contributed by atoms with Gasteiger partial charge in [0.25, 0.3) is 0 Å². The van der Waals surface area contributed by atoms with Crippen LogP contribution in [0.4, 0.5) is 0 Å². The Hall–Kier alpha value is -2.92. The third kappa shape index (κ3) is 3.46. The van der Waals surface area contributed by atoms with Gasteiger partial charge in [0, 0.05) is 37.0 Å². The average molecular weight is 332 g/mol. The van der Waals surface area contributed by atoms with E-state index in [2.05, 4.69) is 28.5 Å². The lowest BCUT2D eigenvalue weighted by molar-refractivity contribution is -0.124. The maximum absolute atomic E-state index is 11.7. The molecule has 25 heavy (non-hydrogen) atoms. The van der Waals surface area contributed by atoms with Gasteiger partial charge in [0.2, 0.25) is 5.91 Å². The molecule has 2 heterocycles. The van der Waals surface area contributed by atoms with E-state index in [4.69, 9.17) is 5.10 Å². The van der Waals surface area contributed by atoms with Gasteiger partial charge in [0.1, 0.15) is 0 Å². The number of para-hydroxylation sites is 1. The summed E-state index contributed by atoms with van der Waals surface area (Å²) in [4.78, 5) is 13.8. The molecule has 0 bridgehead atoms.